The third-order valence-electron chi connectivity index (χ3n) is 9.50. The molecular formula is C40H24O9. The summed E-state index contributed by atoms with van der Waals surface area (Å²) in [6.45, 7) is 0. The van der Waals surface area contributed by atoms with Crippen molar-refractivity contribution in [1.29, 1.82) is 0 Å². The molecule has 1 aromatic heterocycles. The zero-order valence-electron chi connectivity index (χ0n) is 25.2. The third kappa shape index (κ3) is 3.63. The molecule has 0 atom stereocenters. The van der Waals surface area contributed by atoms with Gasteiger partial charge >= 0.3 is 0 Å². The number of para-hydroxylation sites is 1. The Labute approximate surface area is 275 Å². The molecule has 9 nitrogen and oxygen atoms in total. The number of benzene rings is 8. The van der Waals surface area contributed by atoms with E-state index in [1.54, 1.807) is 36.4 Å². The topological polar surface area (TPSA) is 175 Å². The van der Waals surface area contributed by atoms with Gasteiger partial charge in [0.2, 0.25) is 23.0 Å². The fourth-order valence-corrected chi connectivity index (χ4v) is 7.32. The van der Waals surface area contributed by atoms with Gasteiger partial charge in [-0.1, -0.05) is 72.8 Å². The lowest BCUT2D eigenvalue weighted by Gasteiger charge is -2.23. The second kappa shape index (κ2) is 9.76. The molecule has 0 spiro atoms. The van der Waals surface area contributed by atoms with Gasteiger partial charge in [0.15, 0.2) is 23.0 Å². The first-order chi connectivity index (χ1) is 23.7. The van der Waals surface area contributed by atoms with Crippen LogP contribution < -0.4 is 0 Å². The molecule has 1 heterocycles. The van der Waals surface area contributed by atoms with Gasteiger partial charge in [-0.15, -0.1) is 0 Å². The van der Waals surface area contributed by atoms with Crippen LogP contribution in [0.3, 0.4) is 0 Å². The smallest absolute Gasteiger partial charge is 0.204 e. The molecule has 0 aliphatic heterocycles. The highest BCUT2D eigenvalue weighted by Crippen LogP contribution is 2.62. The van der Waals surface area contributed by atoms with Crippen molar-refractivity contribution in [2.75, 3.05) is 0 Å². The van der Waals surface area contributed by atoms with Crippen LogP contribution in [0.15, 0.2) is 101 Å². The van der Waals surface area contributed by atoms with Crippen LogP contribution in [0.5, 0.6) is 46.0 Å². The first-order valence-corrected chi connectivity index (χ1v) is 15.2. The Hall–Kier alpha value is -7.00. The highest BCUT2D eigenvalue weighted by molar-refractivity contribution is 6.31. The summed E-state index contributed by atoms with van der Waals surface area (Å²) < 4.78 is 6.00. The predicted molar refractivity (Wildman–Crippen MR) is 188 cm³/mol. The van der Waals surface area contributed by atoms with Gasteiger partial charge in [0.25, 0.3) is 0 Å². The van der Waals surface area contributed by atoms with Gasteiger partial charge < -0.3 is 45.3 Å². The fourth-order valence-electron chi connectivity index (χ4n) is 7.32. The number of phenols is 8. The molecule has 49 heavy (non-hydrogen) atoms. The molecule has 0 aliphatic carbocycles. The van der Waals surface area contributed by atoms with Crippen molar-refractivity contribution < 1.29 is 45.3 Å². The van der Waals surface area contributed by atoms with Crippen molar-refractivity contribution in [3.63, 3.8) is 0 Å². The summed E-state index contributed by atoms with van der Waals surface area (Å²) in [7, 11) is 0. The monoisotopic (exact) mass is 648 g/mol. The normalized spacial score (nSPS) is 11.9. The van der Waals surface area contributed by atoms with Crippen molar-refractivity contribution in [2.45, 2.75) is 0 Å². The molecule has 9 aromatic rings. The Bertz CT molecular complexity index is 2840. The Morgan fingerprint density at radius 3 is 1.43 bits per heavy atom. The molecule has 0 radical (unpaired) electrons. The predicted octanol–water partition coefficient (Wildman–Crippen LogP) is 9.18. The van der Waals surface area contributed by atoms with Crippen molar-refractivity contribution in [3.05, 3.63) is 97.1 Å². The summed E-state index contributed by atoms with van der Waals surface area (Å²) in [4.78, 5) is 0. The molecular weight excluding hydrogens is 624 g/mol. The molecule has 0 aliphatic rings. The van der Waals surface area contributed by atoms with E-state index in [0.717, 1.165) is 21.5 Å². The second-order valence-corrected chi connectivity index (χ2v) is 12.0. The Morgan fingerprint density at radius 2 is 0.816 bits per heavy atom. The van der Waals surface area contributed by atoms with E-state index < -0.39 is 46.0 Å². The lowest BCUT2D eigenvalue weighted by molar-refractivity contribution is 0.350. The zero-order valence-corrected chi connectivity index (χ0v) is 25.2. The minimum Gasteiger partial charge on any atom is -0.504 e. The minimum absolute atomic E-state index is 0.00302. The lowest BCUT2D eigenvalue weighted by Crippen LogP contribution is -1.95. The highest BCUT2D eigenvalue weighted by Gasteiger charge is 2.33. The van der Waals surface area contributed by atoms with E-state index in [2.05, 4.69) is 0 Å². The van der Waals surface area contributed by atoms with E-state index in [1.165, 1.54) is 0 Å². The molecule has 8 aromatic carbocycles. The number of phenolic OH excluding ortho intramolecular Hbond substituents is 8. The molecule has 0 saturated heterocycles. The molecule has 9 heteroatoms. The van der Waals surface area contributed by atoms with Crippen molar-refractivity contribution >= 4 is 65.0 Å². The number of aromatic hydroxyl groups is 8. The largest absolute Gasteiger partial charge is 0.504 e. The standard InChI is InChI=1S/C40H24O9/c41-33-29-27(18-13-14-26-23(16-18)22-11-5-6-12-25(22)49-26)30-32(36(44)40(48)38(46)34(30)42)28(31(29)35(43)39(47)37(33)45)24-15-17-7-1-2-8-19(17)20-9-3-4-10-21(20)24/h1-16,41-48H. The van der Waals surface area contributed by atoms with Crippen LogP contribution in [-0.4, -0.2) is 40.9 Å². The lowest BCUT2D eigenvalue weighted by atomic mass is 9.82. The minimum atomic E-state index is -1.03. The van der Waals surface area contributed by atoms with Gasteiger partial charge in [-0.2, -0.15) is 0 Å². The van der Waals surface area contributed by atoms with Crippen LogP contribution in [0, 0.1) is 0 Å². The fraction of sp³-hybridized carbons (Fsp3) is 0. The maximum absolute atomic E-state index is 11.7. The molecule has 0 saturated carbocycles. The van der Waals surface area contributed by atoms with Gasteiger partial charge in [-0.25, -0.2) is 0 Å². The summed E-state index contributed by atoms with van der Waals surface area (Å²) in [6, 6.07) is 29.0. The summed E-state index contributed by atoms with van der Waals surface area (Å²) in [5.41, 5.74) is 1.79. The first-order valence-electron chi connectivity index (χ1n) is 15.2. The highest BCUT2D eigenvalue weighted by atomic mass is 16.4. The number of furan rings is 1. The van der Waals surface area contributed by atoms with Crippen molar-refractivity contribution in [2.24, 2.45) is 0 Å². The van der Waals surface area contributed by atoms with Crippen LogP contribution in [-0.2, 0) is 0 Å². The van der Waals surface area contributed by atoms with E-state index in [0.29, 0.717) is 33.1 Å². The maximum atomic E-state index is 11.7. The molecule has 0 amide bonds. The summed E-state index contributed by atoms with van der Waals surface area (Å²) in [5, 5.41) is 94.1. The molecule has 0 fully saturated rings. The molecule has 238 valence electrons. The summed E-state index contributed by atoms with van der Waals surface area (Å²) >= 11 is 0. The Morgan fingerprint density at radius 1 is 0.347 bits per heavy atom. The van der Waals surface area contributed by atoms with Crippen LogP contribution in [0.2, 0.25) is 0 Å². The third-order valence-corrected chi connectivity index (χ3v) is 9.50. The van der Waals surface area contributed by atoms with Crippen molar-refractivity contribution in [1.82, 2.24) is 0 Å². The Balaban J connectivity index is 1.59. The zero-order chi connectivity index (χ0) is 33.9. The quantitative estimate of drug-likeness (QED) is 0.0393. The second-order valence-electron chi connectivity index (χ2n) is 12.0. The maximum Gasteiger partial charge on any atom is 0.204 e. The molecule has 0 unspecified atom stereocenters. The number of hydrogen-bond acceptors (Lipinski definition) is 9. The number of hydrogen-bond donors (Lipinski definition) is 8. The van der Waals surface area contributed by atoms with Gasteiger partial charge in [0.05, 0.1) is 0 Å². The number of rotatable bonds is 2. The van der Waals surface area contributed by atoms with Crippen LogP contribution in [0.25, 0.3) is 87.3 Å². The van der Waals surface area contributed by atoms with Crippen molar-refractivity contribution in [3.8, 4) is 68.2 Å². The molecule has 0 bridgehead atoms. The number of fused-ring (bicyclic) bond motifs is 8. The van der Waals surface area contributed by atoms with Gasteiger partial charge in [0, 0.05) is 43.4 Å². The average Bonchev–Trinajstić information content (AvgIpc) is 3.51. The van der Waals surface area contributed by atoms with E-state index in [9.17, 15) is 40.9 Å². The van der Waals surface area contributed by atoms with E-state index in [1.807, 2.05) is 60.7 Å². The first kappa shape index (κ1) is 28.2. The van der Waals surface area contributed by atoms with Gasteiger partial charge in [-0.05, 0) is 56.9 Å². The molecule has 8 N–H and O–H groups in total. The summed E-state index contributed by atoms with van der Waals surface area (Å²) in [5.74, 6) is -7.43. The average molecular weight is 649 g/mol. The van der Waals surface area contributed by atoms with Gasteiger partial charge in [-0.3, -0.25) is 0 Å². The van der Waals surface area contributed by atoms with Crippen LogP contribution in [0.4, 0.5) is 0 Å². The van der Waals surface area contributed by atoms with Gasteiger partial charge in [0.1, 0.15) is 11.2 Å². The summed E-state index contributed by atoms with van der Waals surface area (Å²) in [6.07, 6.45) is 0. The Kier molecular flexibility index (Phi) is 5.62. The van der Waals surface area contributed by atoms with Crippen LogP contribution >= 0.6 is 0 Å². The van der Waals surface area contributed by atoms with Crippen LogP contribution in [0.1, 0.15) is 0 Å². The SMILES string of the molecule is Oc1c(O)c(O)c2c(-c3cc4ccccc4c4ccccc34)c3c(O)c(O)c(O)c(O)c3c(-c3ccc4oc5ccccc5c4c3)c2c1O. The van der Waals surface area contributed by atoms with E-state index in [4.69, 9.17) is 4.42 Å². The van der Waals surface area contributed by atoms with E-state index >= 15 is 0 Å². The molecule has 9 rings (SSSR count). The van der Waals surface area contributed by atoms with E-state index in [-0.39, 0.29) is 32.7 Å².